The van der Waals surface area contributed by atoms with Gasteiger partial charge in [0.2, 0.25) is 5.91 Å². The number of hydrogen-bond donors (Lipinski definition) is 3. The largest absolute Gasteiger partial charge is 0.372 e. The quantitative estimate of drug-likeness (QED) is 0.701. The SMILES string of the molecule is O=C(Nc1ccc(C2NNC(=O)C3CCCCC32)cc1)c1cccc(N2CCCC2)c1. The van der Waals surface area contributed by atoms with Gasteiger partial charge in [-0.2, -0.15) is 0 Å². The van der Waals surface area contributed by atoms with Crippen molar-refractivity contribution in [2.75, 3.05) is 23.3 Å². The molecule has 0 bridgehead atoms. The zero-order valence-corrected chi connectivity index (χ0v) is 17.8. The van der Waals surface area contributed by atoms with Crippen LogP contribution in [0.5, 0.6) is 0 Å². The molecule has 2 saturated heterocycles. The van der Waals surface area contributed by atoms with E-state index in [1.54, 1.807) is 0 Å². The van der Waals surface area contributed by atoms with Crippen molar-refractivity contribution in [2.45, 2.75) is 44.6 Å². The zero-order valence-electron chi connectivity index (χ0n) is 17.8. The molecule has 3 N–H and O–H groups in total. The van der Waals surface area contributed by atoms with Gasteiger partial charge in [0.1, 0.15) is 0 Å². The predicted octanol–water partition coefficient (Wildman–Crippen LogP) is 4.02. The average Bonchev–Trinajstić information content (AvgIpc) is 3.36. The van der Waals surface area contributed by atoms with Gasteiger partial charge in [0.25, 0.3) is 5.91 Å². The van der Waals surface area contributed by atoms with Crippen LogP contribution in [-0.2, 0) is 4.79 Å². The third-order valence-corrected chi connectivity index (χ3v) is 7.04. The molecule has 0 spiro atoms. The van der Waals surface area contributed by atoms with Gasteiger partial charge in [-0.25, -0.2) is 5.43 Å². The number of hydrazine groups is 1. The Hall–Kier alpha value is -2.86. The summed E-state index contributed by atoms with van der Waals surface area (Å²) in [5, 5.41) is 3.02. The first-order valence-electron chi connectivity index (χ1n) is 11.5. The molecule has 2 heterocycles. The molecule has 3 aliphatic rings. The summed E-state index contributed by atoms with van der Waals surface area (Å²) in [7, 11) is 0. The van der Waals surface area contributed by atoms with E-state index in [-0.39, 0.29) is 23.8 Å². The molecule has 3 atom stereocenters. The van der Waals surface area contributed by atoms with Crippen molar-refractivity contribution in [2.24, 2.45) is 11.8 Å². The number of benzene rings is 2. The minimum Gasteiger partial charge on any atom is -0.372 e. The maximum absolute atomic E-state index is 12.8. The summed E-state index contributed by atoms with van der Waals surface area (Å²) in [6, 6.07) is 16.0. The number of nitrogens with one attached hydrogen (secondary N) is 3. The van der Waals surface area contributed by atoms with E-state index in [1.165, 1.54) is 19.3 Å². The van der Waals surface area contributed by atoms with Gasteiger partial charge in [-0.1, -0.05) is 31.0 Å². The molecular formula is C25H30N4O2. The summed E-state index contributed by atoms with van der Waals surface area (Å²) < 4.78 is 0. The minimum absolute atomic E-state index is 0.0933. The Kier molecular flexibility index (Phi) is 5.64. The van der Waals surface area contributed by atoms with E-state index in [0.29, 0.717) is 11.5 Å². The van der Waals surface area contributed by atoms with Crippen molar-refractivity contribution in [1.29, 1.82) is 0 Å². The molecule has 5 rings (SSSR count). The molecule has 2 aromatic rings. The van der Waals surface area contributed by atoms with Crippen LogP contribution in [0.3, 0.4) is 0 Å². The number of nitrogens with zero attached hydrogens (tertiary/aromatic N) is 1. The van der Waals surface area contributed by atoms with Crippen LogP contribution in [0.25, 0.3) is 0 Å². The Morgan fingerprint density at radius 1 is 0.968 bits per heavy atom. The maximum Gasteiger partial charge on any atom is 0.255 e. The van der Waals surface area contributed by atoms with Crippen LogP contribution in [0.2, 0.25) is 0 Å². The van der Waals surface area contributed by atoms with Gasteiger partial charge in [-0.15, -0.1) is 0 Å². The van der Waals surface area contributed by atoms with E-state index in [9.17, 15) is 9.59 Å². The molecule has 0 radical (unpaired) electrons. The highest BCUT2D eigenvalue weighted by Gasteiger charge is 2.40. The Labute approximate surface area is 183 Å². The summed E-state index contributed by atoms with van der Waals surface area (Å²) in [6.07, 6.45) is 6.78. The fourth-order valence-electron chi connectivity index (χ4n) is 5.36. The van der Waals surface area contributed by atoms with Crippen molar-refractivity contribution < 1.29 is 9.59 Å². The van der Waals surface area contributed by atoms with E-state index < -0.39 is 0 Å². The Morgan fingerprint density at radius 3 is 2.55 bits per heavy atom. The van der Waals surface area contributed by atoms with E-state index in [1.807, 2.05) is 30.3 Å². The van der Waals surface area contributed by atoms with Gasteiger partial charge in [0, 0.05) is 35.9 Å². The second kappa shape index (κ2) is 8.71. The number of rotatable bonds is 4. The van der Waals surface area contributed by atoms with E-state index in [4.69, 9.17) is 0 Å². The summed E-state index contributed by atoms with van der Waals surface area (Å²) in [5.41, 5.74) is 9.79. The highest BCUT2D eigenvalue weighted by atomic mass is 16.2. The molecule has 2 amide bonds. The third kappa shape index (κ3) is 4.17. The van der Waals surface area contributed by atoms with Gasteiger partial charge in [-0.05, 0) is 67.5 Å². The lowest BCUT2D eigenvalue weighted by molar-refractivity contribution is -0.133. The zero-order chi connectivity index (χ0) is 21.2. The highest BCUT2D eigenvalue weighted by Crippen LogP contribution is 2.40. The second-order valence-corrected chi connectivity index (χ2v) is 8.99. The van der Waals surface area contributed by atoms with Gasteiger partial charge < -0.3 is 10.2 Å². The lowest BCUT2D eigenvalue weighted by Gasteiger charge is -2.41. The van der Waals surface area contributed by atoms with Crippen LogP contribution in [0.15, 0.2) is 48.5 Å². The number of anilines is 2. The first-order chi connectivity index (χ1) is 15.2. The summed E-state index contributed by atoms with van der Waals surface area (Å²) >= 11 is 0. The first-order valence-corrected chi connectivity index (χ1v) is 11.5. The Morgan fingerprint density at radius 2 is 1.74 bits per heavy atom. The number of fused-ring (bicyclic) bond motifs is 1. The smallest absolute Gasteiger partial charge is 0.255 e. The van der Waals surface area contributed by atoms with Crippen molar-refractivity contribution >= 4 is 23.2 Å². The van der Waals surface area contributed by atoms with Crippen molar-refractivity contribution in [3.05, 3.63) is 59.7 Å². The normalized spacial score (nSPS) is 25.6. The number of hydrogen-bond acceptors (Lipinski definition) is 4. The van der Waals surface area contributed by atoms with Crippen LogP contribution < -0.4 is 21.1 Å². The van der Waals surface area contributed by atoms with Crippen LogP contribution in [-0.4, -0.2) is 24.9 Å². The molecule has 6 nitrogen and oxygen atoms in total. The lowest BCUT2D eigenvalue weighted by Crippen LogP contribution is -2.55. The molecular weight excluding hydrogens is 388 g/mol. The van der Waals surface area contributed by atoms with Crippen LogP contribution >= 0.6 is 0 Å². The minimum atomic E-state index is -0.0933. The van der Waals surface area contributed by atoms with Crippen molar-refractivity contribution in [3.63, 3.8) is 0 Å². The monoisotopic (exact) mass is 418 g/mol. The van der Waals surface area contributed by atoms with E-state index >= 15 is 0 Å². The topological polar surface area (TPSA) is 73.5 Å². The molecule has 6 heteroatoms. The maximum atomic E-state index is 12.8. The summed E-state index contributed by atoms with van der Waals surface area (Å²) in [6.45, 7) is 2.12. The Balaban J connectivity index is 1.27. The highest BCUT2D eigenvalue weighted by molar-refractivity contribution is 6.04. The predicted molar refractivity (Wildman–Crippen MR) is 122 cm³/mol. The fourth-order valence-corrected chi connectivity index (χ4v) is 5.36. The van der Waals surface area contributed by atoms with Crippen molar-refractivity contribution in [1.82, 2.24) is 10.9 Å². The third-order valence-electron chi connectivity index (χ3n) is 7.04. The molecule has 3 fully saturated rings. The molecule has 1 saturated carbocycles. The lowest BCUT2D eigenvalue weighted by atomic mass is 9.72. The summed E-state index contributed by atoms with van der Waals surface area (Å²) in [5.74, 6) is 0.462. The Bertz CT molecular complexity index is 952. The van der Waals surface area contributed by atoms with Gasteiger partial charge in [-0.3, -0.25) is 15.0 Å². The van der Waals surface area contributed by atoms with E-state index in [2.05, 4.69) is 39.3 Å². The molecule has 1 aliphatic carbocycles. The van der Waals surface area contributed by atoms with E-state index in [0.717, 1.165) is 49.3 Å². The van der Waals surface area contributed by atoms with Crippen molar-refractivity contribution in [3.8, 4) is 0 Å². The van der Waals surface area contributed by atoms with Gasteiger partial charge in [0.15, 0.2) is 0 Å². The molecule has 162 valence electrons. The molecule has 2 aliphatic heterocycles. The van der Waals surface area contributed by atoms with Gasteiger partial charge in [0.05, 0.1) is 6.04 Å². The standard InChI is InChI=1S/C25H30N4O2/c30-24(18-6-5-7-20(16-18)29-14-3-4-15-29)26-19-12-10-17(11-13-19)23-21-8-1-2-9-22(21)25(31)28-27-23/h5-7,10-13,16,21-23,27H,1-4,8-9,14-15H2,(H,26,30)(H,28,31). The van der Waals surface area contributed by atoms with Crippen LogP contribution in [0, 0.1) is 11.8 Å². The van der Waals surface area contributed by atoms with Gasteiger partial charge >= 0.3 is 0 Å². The molecule has 2 aromatic carbocycles. The van der Waals surface area contributed by atoms with Crippen LogP contribution in [0.4, 0.5) is 11.4 Å². The number of amides is 2. The fraction of sp³-hybridized carbons (Fsp3) is 0.440. The second-order valence-electron chi connectivity index (χ2n) is 8.99. The number of carbonyl (C=O) groups is 2. The first kappa shape index (κ1) is 20.1. The average molecular weight is 419 g/mol. The molecule has 0 aromatic heterocycles. The molecule has 3 unspecified atom stereocenters. The molecule has 31 heavy (non-hydrogen) atoms. The number of carbonyl (C=O) groups excluding carboxylic acids is 2. The van der Waals surface area contributed by atoms with Crippen LogP contribution in [0.1, 0.15) is 60.5 Å². The summed E-state index contributed by atoms with van der Waals surface area (Å²) in [4.78, 5) is 27.3.